The number of benzene rings is 1. The summed E-state index contributed by atoms with van der Waals surface area (Å²) in [5.74, 6) is 0.945. The molecule has 7 heteroatoms. The Morgan fingerprint density at radius 1 is 1.14 bits per heavy atom. The minimum absolute atomic E-state index is 0. The van der Waals surface area contributed by atoms with Crippen molar-refractivity contribution < 1.29 is 4.79 Å². The van der Waals surface area contributed by atoms with Gasteiger partial charge in [0.05, 0.1) is 6.54 Å². The standard InChI is InChI=1S/C22H37N5O.HI/c1-5-23-22(25-17-20-10-9-15-27(20)8-4)24-16-18-11-13-19(14-12-18)21(28)26(6-2)7-3;/h11-14,20H,5-10,15-17H2,1-4H3,(H2,23,24,25);1H. The fourth-order valence-electron chi connectivity index (χ4n) is 3.72. The largest absolute Gasteiger partial charge is 0.357 e. The molecule has 1 amide bonds. The van der Waals surface area contributed by atoms with Crippen LogP contribution in [0.5, 0.6) is 0 Å². The molecule has 0 saturated carbocycles. The number of likely N-dealkylation sites (tertiary alicyclic amines) is 1. The molecule has 0 aliphatic carbocycles. The molecule has 2 rings (SSSR count). The molecule has 1 heterocycles. The van der Waals surface area contributed by atoms with E-state index in [1.807, 2.05) is 43.0 Å². The van der Waals surface area contributed by atoms with Gasteiger partial charge < -0.3 is 15.5 Å². The quantitative estimate of drug-likeness (QED) is 0.301. The van der Waals surface area contributed by atoms with E-state index >= 15 is 0 Å². The second-order valence-corrected chi connectivity index (χ2v) is 7.18. The summed E-state index contributed by atoms with van der Waals surface area (Å²) in [4.78, 5) is 21.5. The highest BCUT2D eigenvalue weighted by Gasteiger charge is 2.22. The van der Waals surface area contributed by atoms with Crippen LogP contribution in [0, 0.1) is 0 Å². The van der Waals surface area contributed by atoms with Gasteiger partial charge in [-0.05, 0) is 64.4 Å². The van der Waals surface area contributed by atoms with Crippen LogP contribution in [0.2, 0.25) is 0 Å². The number of carbonyl (C=O) groups is 1. The summed E-state index contributed by atoms with van der Waals surface area (Å²) >= 11 is 0. The summed E-state index contributed by atoms with van der Waals surface area (Å²) in [7, 11) is 0. The Balaban J connectivity index is 0.00000420. The average Bonchev–Trinajstić information content (AvgIpc) is 3.19. The van der Waals surface area contributed by atoms with Crippen molar-refractivity contribution >= 4 is 35.8 Å². The second-order valence-electron chi connectivity index (χ2n) is 7.18. The lowest BCUT2D eigenvalue weighted by molar-refractivity contribution is 0.0773. The topological polar surface area (TPSA) is 60.0 Å². The molecular weight excluding hydrogens is 477 g/mol. The highest BCUT2D eigenvalue weighted by molar-refractivity contribution is 14.0. The summed E-state index contributed by atoms with van der Waals surface area (Å²) in [5.41, 5.74) is 1.84. The third-order valence-corrected chi connectivity index (χ3v) is 5.43. The molecule has 0 aromatic heterocycles. The van der Waals surface area contributed by atoms with E-state index in [1.54, 1.807) is 0 Å². The van der Waals surface area contributed by atoms with E-state index in [1.165, 1.54) is 19.4 Å². The van der Waals surface area contributed by atoms with E-state index in [-0.39, 0.29) is 29.9 Å². The van der Waals surface area contributed by atoms with Gasteiger partial charge >= 0.3 is 0 Å². The van der Waals surface area contributed by atoms with Crippen LogP contribution < -0.4 is 10.6 Å². The Bertz CT molecular complexity index is 631. The molecule has 0 bridgehead atoms. The van der Waals surface area contributed by atoms with Gasteiger partial charge in [-0.15, -0.1) is 24.0 Å². The van der Waals surface area contributed by atoms with Crippen LogP contribution in [0.25, 0.3) is 0 Å². The van der Waals surface area contributed by atoms with Crippen LogP contribution in [0.3, 0.4) is 0 Å². The van der Waals surface area contributed by atoms with E-state index in [9.17, 15) is 4.79 Å². The predicted octanol–water partition coefficient (Wildman–Crippen LogP) is 3.33. The maximum Gasteiger partial charge on any atom is 0.253 e. The van der Waals surface area contributed by atoms with Crippen LogP contribution in [0.4, 0.5) is 0 Å². The minimum Gasteiger partial charge on any atom is -0.357 e. The Labute approximate surface area is 193 Å². The monoisotopic (exact) mass is 515 g/mol. The molecular formula is C22H38IN5O. The normalized spacial score (nSPS) is 17.0. The SMILES string of the molecule is CCNC(=NCc1ccc(C(=O)N(CC)CC)cc1)NCC1CCCN1CC.I. The fraction of sp³-hybridized carbons (Fsp3) is 0.636. The third kappa shape index (κ3) is 7.77. The van der Waals surface area contributed by atoms with Gasteiger partial charge in [-0.3, -0.25) is 9.69 Å². The zero-order valence-electron chi connectivity index (χ0n) is 18.4. The first-order valence-electron chi connectivity index (χ1n) is 10.8. The van der Waals surface area contributed by atoms with Gasteiger partial charge in [0.2, 0.25) is 0 Å². The number of aliphatic imine (C=N–C) groups is 1. The van der Waals surface area contributed by atoms with Gasteiger partial charge in [-0.2, -0.15) is 0 Å². The fourth-order valence-corrected chi connectivity index (χ4v) is 3.72. The van der Waals surface area contributed by atoms with Gasteiger partial charge in [0.25, 0.3) is 5.91 Å². The first-order valence-corrected chi connectivity index (χ1v) is 10.8. The van der Waals surface area contributed by atoms with Crippen molar-refractivity contribution in [2.75, 3.05) is 39.3 Å². The van der Waals surface area contributed by atoms with Crippen LogP contribution in [0.1, 0.15) is 56.5 Å². The van der Waals surface area contributed by atoms with Crippen LogP contribution in [-0.4, -0.2) is 67.0 Å². The number of nitrogens with one attached hydrogen (secondary N) is 2. The Morgan fingerprint density at radius 3 is 2.41 bits per heavy atom. The number of halogens is 1. The molecule has 1 aromatic rings. The summed E-state index contributed by atoms with van der Waals surface area (Å²) in [5, 5.41) is 6.82. The van der Waals surface area contributed by atoms with Gasteiger partial charge in [-0.25, -0.2) is 4.99 Å². The summed E-state index contributed by atoms with van der Waals surface area (Å²) < 4.78 is 0. The van der Waals surface area contributed by atoms with Gasteiger partial charge in [0.1, 0.15) is 0 Å². The number of amides is 1. The van der Waals surface area contributed by atoms with Crippen molar-refractivity contribution in [2.24, 2.45) is 4.99 Å². The number of hydrogen-bond acceptors (Lipinski definition) is 3. The zero-order valence-corrected chi connectivity index (χ0v) is 20.7. The molecule has 1 aromatic carbocycles. The molecule has 29 heavy (non-hydrogen) atoms. The molecule has 2 N–H and O–H groups in total. The highest BCUT2D eigenvalue weighted by atomic mass is 127. The first-order chi connectivity index (χ1) is 13.6. The lowest BCUT2D eigenvalue weighted by atomic mass is 10.1. The van der Waals surface area contributed by atoms with Crippen molar-refractivity contribution in [3.05, 3.63) is 35.4 Å². The van der Waals surface area contributed by atoms with Crippen LogP contribution in [-0.2, 0) is 6.54 Å². The first kappa shape index (κ1) is 25.7. The van der Waals surface area contributed by atoms with E-state index < -0.39 is 0 Å². The second kappa shape index (κ2) is 13.8. The number of carbonyl (C=O) groups excluding carboxylic acids is 1. The molecule has 1 atom stereocenters. The molecule has 1 aliphatic rings. The molecule has 1 aliphatic heterocycles. The Hall–Kier alpha value is -1.35. The van der Waals surface area contributed by atoms with Crippen LogP contribution >= 0.6 is 24.0 Å². The Kier molecular flexibility index (Phi) is 12.2. The number of nitrogens with zero attached hydrogens (tertiary/aromatic N) is 3. The van der Waals surface area contributed by atoms with Crippen molar-refractivity contribution in [3.63, 3.8) is 0 Å². The third-order valence-electron chi connectivity index (χ3n) is 5.43. The number of guanidine groups is 1. The number of rotatable bonds is 9. The average molecular weight is 515 g/mol. The zero-order chi connectivity index (χ0) is 20.4. The van der Waals surface area contributed by atoms with Gasteiger partial charge in [-0.1, -0.05) is 19.1 Å². The minimum atomic E-state index is 0. The van der Waals surface area contributed by atoms with Crippen LogP contribution in [0.15, 0.2) is 29.3 Å². The van der Waals surface area contributed by atoms with Crippen molar-refractivity contribution in [1.82, 2.24) is 20.4 Å². The molecule has 1 fully saturated rings. The molecule has 164 valence electrons. The molecule has 0 spiro atoms. The maximum atomic E-state index is 12.4. The lowest BCUT2D eigenvalue weighted by Crippen LogP contribution is -2.44. The number of hydrogen-bond donors (Lipinski definition) is 2. The maximum absolute atomic E-state index is 12.4. The summed E-state index contributed by atoms with van der Waals surface area (Å²) in [6.45, 7) is 14.5. The van der Waals surface area contributed by atoms with E-state index in [2.05, 4.69) is 29.4 Å². The summed E-state index contributed by atoms with van der Waals surface area (Å²) in [6, 6.07) is 8.41. The predicted molar refractivity (Wildman–Crippen MR) is 132 cm³/mol. The summed E-state index contributed by atoms with van der Waals surface area (Å²) in [6.07, 6.45) is 2.54. The molecule has 1 saturated heterocycles. The van der Waals surface area contributed by atoms with E-state index in [4.69, 9.17) is 4.99 Å². The highest BCUT2D eigenvalue weighted by Crippen LogP contribution is 2.15. The Morgan fingerprint density at radius 2 is 1.83 bits per heavy atom. The van der Waals surface area contributed by atoms with Crippen molar-refractivity contribution in [1.29, 1.82) is 0 Å². The smallest absolute Gasteiger partial charge is 0.253 e. The van der Waals surface area contributed by atoms with E-state index in [0.29, 0.717) is 12.6 Å². The lowest BCUT2D eigenvalue weighted by Gasteiger charge is -2.24. The van der Waals surface area contributed by atoms with Crippen molar-refractivity contribution in [2.45, 2.75) is 53.1 Å². The van der Waals surface area contributed by atoms with Gasteiger partial charge in [0.15, 0.2) is 5.96 Å². The molecule has 6 nitrogen and oxygen atoms in total. The molecule has 1 unspecified atom stereocenters. The molecule has 0 radical (unpaired) electrons. The van der Waals surface area contributed by atoms with E-state index in [0.717, 1.165) is 49.8 Å². The van der Waals surface area contributed by atoms with Crippen molar-refractivity contribution in [3.8, 4) is 0 Å². The van der Waals surface area contributed by atoms with Gasteiger partial charge in [0, 0.05) is 37.8 Å². The number of likely N-dealkylation sites (N-methyl/N-ethyl adjacent to an activating group) is 1.